The highest BCUT2D eigenvalue weighted by atomic mass is 35.5. The molecule has 0 aliphatic carbocycles. The van der Waals surface area contributed by atoms with Crippen molar-refractivity contribution < 1.29 is 9.53 Å². The number of nitrogens with zero attached hydrogens (tertiary/aromatic N) is 4. The molecule has 4 rings (SSSR count). The number of benzene rings is 2. The van der Waals surface area contributed by atoms with Crippen LogP contribution < -0.4 is 15.2 Å². The molecule has 1 amide bonds. The monoisotopic (exact) mass is 642 g/mol. The average Bonchev–Trinajstić information content (AvgIpc) is 3.03. The third-order valence-corrected chi connectivity index (χ3v) is 9.23. The number of aromatic nitrogens is 1. The number of hydrogen-bond acceptors (Lipinski definition) is 5. The Kier molecular flexibility index (Phi) is 13.7. The zero-order valence-electron chi connectivity index (χ0n) is 26.4. The van der Waals surface area contributed by atoms with Crippen molar-refractivity contribution in [3.8, 4) is 5.75 Å². The SMILES string of the molecule is CCCCCCN(CCCCC)C(=O)n1c(=O)ccc2ccc(OCCCCN3CCN(c4cccc(Cl)c4Cl)CC3)cc21. The van der Waals surface area contributed by atoms with E-state index in [2.05, 4.69) is 23.6 Å². The minimum atomic E-state index is -0.300. The van der Waals surface area contributed by atoms with Gasteiger partial charge in [-0.3, -0.25) is 9.69 Å². The van der Waals surface area contributed by atoms with Gasteiger partial charge in [0.1, 0.15) is 5.75 Å². The van der Waals surface area contributed by atoms with Crippen molar-refractivity contribution in [2.75, 3.05) is 57.3 Å². The van der Waals surface area contributed by atoms with Crippen molar-refractivity contribution in [1.29, 1.82) is 0 Å². The van der Waals surface area contributed by atoms with Crippen LogP contribution in [0.4, 0.5) is 10.5 Å². The lowest BCUT2D eigenvalue weighted by Gasteiger charge is -2.36. The first kappa shape index (κ1) is 34.1. The summed E-state index contributed by atoms with van der Waals surface area (Å²) in [6.45, 7) is 11.1. The van der Waals surface area contributed by atoms with Gasteiger partial charge < -0.3 is 14.5 Å². The minimum absolute atomic E-state index is 0.233. The molecule has 2 aromatic carbocycles. The molecular formula is C35H48Cl2N4O3. The van der Waals surface area contributed by atoms with Crippen LogP contribution in [0.3, 0.4) is 0 Å². The number of hydrogen-bond donors (Lipinski definition) is 0. The number of fused-ring (bicyclic) bond motifs is 1. The number of ether oxygens (including phenoxy) is 1. The van der Waals surface area contributed by atoms with Crippen LogP contribution in [0.15, 0.2) is 53.3 Å². The molecule has 0 radical (unpaired) electrons. The van der Waals surface area contributed by atoms with Gasteiger partial charge in [-0.2, -0.15) is 0 Å². The van der Waals surface area contributed by atoms with E-state index in [9.17, 15) is 9.59 Å². The van der Waals surface area contributed by atoms with E-state index in [1.54, 1.807) is 6.07 Å². The Labute approximate surface area is 272 Å². The van der Waals surface area contributed by atoms with Crippen LogP contribution in [0, 0.1) is 0 Å². The van der Waals surface area contributed by atoms with Gasteiger partial charge in [0.15, 0.2) is 0 Å². The molecule has 0 saturated carbocycles. The second-order valence-electron chi connectivity index (χ2n) is 11.7. The van der Waals surface area contributed by atoms with Gasteiger partial charge in [-0.25, -0.2) is 9.36 Å². The fourth-order valence-corrected chi connectivity index (χ4v) is 6.22. The van der Waals surface area contributed by atoms with Gasteiger partial charge in [0.25, 0.3) is 5.56 Å². The van der Waals surface area contributed by atoms with Crippen LogP contribution in [-0.2, 0) is 0 Å². The molecule has 1 saturated heterocycles. The number of anilines is 1. The first-order valence-electron chi connectivity index (χ1n) is 16.4. The van der Waals surface area contributed by atoms with Gasteiger partial charge >= 0.3 is 6.03 Å². The van der Waals surface area contributed by atoms with E-state index in [1.165, 1.54) is 10.6 Å². The summed E-state index contributed by atoms with van der Waals surface area (Å²) in [5.41, 5.74) is 1.31. The van der Waals surface area contributed by atoms with Crippen LogP contribution >= 0.6 is 23.2 Å². The van der Waals surface area contributed by atoms with Crippen LogP contribution in [0.5, 0.6) is 5.75 Å². The van der Waals surface area contributed by atoms with Gasteiger partial charge in [-0.1, -0.05) is 75.2 Å². The molecular weight excluding hydrogens is 595 g/mol. The molecule has 1 aliphatic rings. The second kappa shape index (κ2) is 17.7. The van der Waals surface area contributed by atoms with Crippen molar-refractivity contribution in [2.45, 2.75) is 71.6 Å². The fourth-order valence-electron chi connectivity index (χ4n) is 5.80. The van der Waals surface area contributed by atoms with E-state index >= 15 is 0 Å². The number of amides is 1. The summed E-state index contributed by atoms with van der Waals surface area (Å²) in [4.78, 5) is 33.4. The zero-order chi connectivity index (χ0) is 31.3. The Hall–Kier alpha value is -2.74. The third kappa shape index (κ3) is 9.38. The number of unbranched alkanes of at least 4 members (excludes halogenated alkanes) is 6. The van der Waals surface area contributed by atoms with Gasteiger partial charge in [0.05, 0.1) is 27.9 Å². The summed E-state index contributed by atoms with van der Waals surface area (Å²) in [5, 5.41) is 2.07. The Morgan fingerprint density at radius 2 is 1.55 bits per heavy atom. The molecule has 0 bridgehead atoms. The van der Waals surface area contributed by atoms with Gasteiger partial charge in [-0.15, -0.1) is 0 Å². The van der Waals surface area contributed by atoms with Crippen LogP contribution in [0.1, 0.15) is 71.6 Å². The molecule has 3 aromatic rings. The smallest absolute Gasteiger partial charge is 0.331 e. The van der Waals surface area contributed by atoms with Crippen molar-refractivity contribution in [1.82, 2.24) is 14.4 Å². The van der Waals surface area contributed by atoms with E-state index in [1.807, 2.05) is 41.3 Å². The molecule has 0 N–H and O–H groups in total. The average molecular weight is 644 g/mol. The summed E-state index contributed by atoms with van der Waals surface area (Å²) in [6.07, 6.45) is 9.37. The van der Waals surface area contributed by atoms with E-state index < -0.39 is 0 Å². The molecule has 1 aromatic heterocycles. The molecule has 0 unspecified atom stereocenters. The normalized spacial score (nSPS) is 13.9. The van der Waals surface area contributed by atoms with Crippen LogP contribution in [-0.4, -0.2) is 72.8 Å². The van der Waals surface area contributed by atoms with Crippen molar-refractivity contribution in [2.24, 2.45) is 0 Å². The lowest BCUT2D eigenvalue weighted by Crippen LogP contribution is -2.46. The number of halogens is 2. The molecule has 0 spiro atoms. The standard InChI is InChI=1S/C35H48Cl2N4O3/c1-3-5-7-9-21-40(20-8-6-4-2)35(43)41-32-27-29(17-15-28(32)16-18-33(41)42)44-26-11-10-19-38-22-24-39(25-23-38)31-14-12-13-30(36)34(31)37/h12-18,27H,3-11,19-26H2,1-2H3. The predicted molar refractivity (Wildman–Crippen MR) is 184 cm³/mol. The quantitative estimate of drug-likeness (QED) is 0.147. The Morgan fingerprint density at radius 1 is 0.841 bits per heavy atom. The Balaban J connectivity index is 1.31. The zero-order valence-corrected chi connectivity index (χ0v) is 27.9. The third-order valence-electron chi connectivity index (χ3n) is 8.43. The second-order valence-corrected chi connectivity index (χ2v) is 12.5. The molecule has 9 heteroatoms. The molecule has 2 heterocycles. The molecule has 1 fully saturated rings. The van der Waals surface area contributed by atoms with E-state index in [-0.39, 0.29) is 11.6 Å². The van der Waals surface area contributed by atoms with Crippen molar-refractivity contribution >= 4 is 45.8 Å². The number of carbonyl (C=O) groups is 1. The maximum atomic E-state index is 13.8. The van der Waals surface area contributed by atoms with Crippen LogP contribution in [0.25, 0.3) is 10.9 Å². The maximum Gasteiger partial charge on any atom is 0.331 e. The first-order chi connectivity index (χ1) is 21.4. The molecule has 7 nitrogen and oxygen atoms in total. The molecule has 44 heavy (non-hydrogen) atoms. The van der Waals surface area contributed by atoms with Gasteiger partial charge in [0.2, 0.25) is 0 Å². The highest BCUT2D eigenvalue weighted by Crippen LogP contribution is 2.33. The topological polar surface area (TPSA) is 58.0 Å². The highest BCUT2D eigenvalue weighted by molar-refractivity contribution is 6.43. The Bertz CT molecular complexity index is 1400. The van der Waals surface area contributed by atoms with Crippen molar-refractivity contribution in [3.63, 3.8) is 0 Å². The largest absolute Gasteiger partial charge is 0.494 e. The van der Waals surface area contributed by atoms with E-state index in [0.29, 0.717) is 41.0 Å². The molecule has 240 valence electrons. The number of pyridine rings is 1. The summed E-state index contributed by atoms with van der Waals surface area (Å²) in [6, 6.07) is 14.5. The number of rotatable bonds is 16. The summed E-state index contributed by atoms with van der Waals surface area (Å²) < 4.78 is 7.45. The summed E-state index contributed by atoms with van der Waals surface area (Å²) >= 11 is 12.6. The summed E-state index contributed by atoms with van der Waals surface area (Å²) in [7, 11) is 0. The number of piperazine rings is 1. The van der Waals surface area contributed by atoms with E-state index in [4.69, 9.17) is 27.9 Å². The highest BCUT2D eigenvalue weighted by Gasteiger charge is 2.21. The molecule has 0 atom stereocenters. The predicted octanol–water partition coefficient (Wildman–Crippen LogP) is 8.33. The van der Waals surface area contributed by atoms with Gasteiger partial charge in [-0.05, 0) is 67.9 Å². The van der Waals surface area contributed by atoms with Crippen molar-refractivity contribution in [3.05, 3.63) is 68.9 Å². The molecule has 1 aliphatic heterocycles. The van der Waals surface area contributed by atoms with Gasteiger partial charge in [0, 0.05) is 51.4 Å². The van der Waals surface area contributed by atoms with E-state index in [0.717, 1.165) is 102 Å². The maximum absolute atomic E-state index is 13.8. The minimum Gasteiger partial charge on any atom is -0.494 e. The summed E-state index contributed by atoms with van der Waals surface area (Å²) in [5.74, 6) is 0.678. The lowest BCUT2D eigenvalue weighted by atomic mass is 10.2. The first-order valence-corrected chi connectivity index (χ1v) is 17.2. The Morgan fingerprint density at radius 3 is 2.30 bits per heavy atom. The van der Waals surface area contributed by atoms with Crippen LogP contribution in [0.2, 0.25) is 10.0 Å². The lowest BCUT2D eigenvalue weighted by molar-refractivity contribution is 0.197. The number of carbonyl (C=O) groups excluding carboxylic acids is 1. The fraction of sp³-hybridized carbons (Fsp3) is 0.543.